The second kappa shape index (κ2) is 28.4. The van der Waals surface area contributed by atoms with Gasteiger partial charge in [0.2, 0.25) is 23.6 Å². The summed E-state index contributed by atoms with van der Waals surface area (Å²) in [7, 11) is 4.34. The number of rotatable bonds is 8. The van der Waals surface area contributed by atoms with Gasteiger partial charge in [0.05, 0.1) is 60.5 Å². The predicted octanol–water partition coefficient (Wildman–Crippen LogP) is 7.57. The first-order valence-corrected chi connectivity index (χ1v) is 33.0. The van der Waals surface area contributed by atoms with Crippen LogP contribution in [0.15, 0.2) is 103 Å². The summed E-state index contributed by atoms with van der Waals surface area (Å²) in [5.74, 6) is 2.17. The Bertz CT molecular complexity index is 4030. The van der Waals surface area contributed by atoms with Crippen LogP contribution in [0.3, 0.4) is 0 Å². The first kappa shape index (κ1) is 65.3. The highest BCUT2D eigenvalue weighted by molar-refractivity contribution is 5.89. The maximum atomic E-state index is 13.9. The number of nitrogens with two attached hydrogens (primary N) is 2. The largest absolute Gasteiger partial charge is 0.494 e. The number of aromatic nitrogens is 6. The highest BCUT2D eigenvalue weighted by Crippen LogP contribution is 2.44. The minimum Gasteiger partial charge on any atom is -0.494 e. The van der Waals surface area contributed by atoms with Crippen molar-refractivity contribution in [3.63, 3.8) is 0 Å². The number of benzene rings is 5. The first-order valence-electron chi connectivity index (χ1n) is 33.0. The van der Waals surface area contributed by atoms with Gasteiger partial charge in [0.25, 0.3) is 5.82 Å². The average molecular weight is 1270 g/mol. The van der Waals surface area contributed by atoms with Gasteiger partial charge in [0.1, 0.15) is 28.7 Å². The van der Waals surface area contributed by atoms with Gasteiger partial charge in [0, 0.05) is 136 Å². The Morgan fingerprint density at radius 2 is 1.31 bits per heavy atom. The Morgan fingerprint density at radius 1 is 0.667 bits per heavy atom. The van der Waals surface area contributed by atoms with Crippen molar-refractivity contribution in [1.82, 2.24) is 55.2 Å². The topological polar surface area (TPSA) is 259 Å². The lowest BCUT2D eigenvalue weighted by molar-refractivity contribution is -0.713. The Kier molecular flexibility index (Phi) is 19.9. The summed E-state index contributed by atoms with van der Waals surface area (Å²) in [6.45, 7) is 21.9. The van der Waals surface area contributed by atoms with E-state index in [4.69, 9.17) is 30.9 Å². The Hall–Kier alpha value is -9.15. The monoisotopic (exact) mass is 1270 g/mol. The number of carbonyl (C=O) groups is 4. The molecule has 492 valence electrons. The number of ether oxygens (including phenoxy) is 2. The highest BCUT2D eigenvalue weighted by Gasteiger charge is 2.41. The molecular formula is C71H93N16O6+. The van der Waals surface area contributed by atoms with Crippen molar-refractivity contribution in [3.05, 3.63) is 114 Å². The number of amides is 4. The van der Waals surface area contributed by atoms with Crippen LogP contribution in [0.1, 0.15) is 91.2 Å². The minimum absolute atomic E-state index is 0.0743. The highest BCUT2D eigenvalue weighted by atomic mass is 16.5. The zero-order valence-corrected chi connectivity index (χ0v) is 55.4. The summed E-state index contributed by atoms with van der Waals surface area (Å²) in [6.07, 6.45) is 4.00. The normalized spacial score (nSPS) is 17.9. The summed E-state index contributed by atoms with van der Waals surface area (Å²) in [5.41, 5.74) is 23.3. The van der Waals surface area contributed by atoms with Gasteiger partial charge >= 0.3 is 0 Å². The third-order valence-corrected chi connectivity index (χ3v) is 18.1. The Balaban J connectivity index is 1.00. The molecule has 5 aromatic carbocycles. The van der Waals surface area contributed by atoms with E-state index in [1.165, 1.54) is 15.5 Å². The van der Waals surface area contributed by atoms with Crippen LogP contribution < -0.4 is 45.9 Å². The number of nitrogens with one attached hydrogen (secondary N) is 5. The van der Waals surface area contributed by atoms with E-state index in [-0.39, 0.29) is 57.5 Å². The molecule has 4 amide bonds. The van der Waals surface area contributed by atoms with Crippen LogP contribution >= 0.6 is 0 Å². The van der Waals surface area contributed by atoms with E-state index in [0.29, 0.717) is 56.8 Å². The van der Waals surface area contributed by atoms with Gasteiger partial charge in [-0.3, -0.25) is 19.2 Å². The maximum absolute atomic E-state index is 13.9. The fourth-order valence-electron chi connectivity index (χ4n) is 12.8. The van der Waals surface area contributed by atoms with Crippen molar-refractivity contribution in [2.24, 2.45) is 11.5 Å². The molecule has 2 saturated heterocycles. The number of likely N-dealkylation sites (N-methyl/N-ethyl adjacent to an activating group) is 2. The van der Waals surface area contributed by atoms with Crippen LogP contribution in [0.25, 0.3) is 67.3 Å². The van der Waals surface area contributed by atoms with Gasteiger partial charge in [-0.2, -0.15) is 0 Å². The minimum atomic E-state index is -0.883. The van der Waals surface area contributed by atoms with Gasteiger partial charge in [-0.05, 0) is 138 Å². The summed E-state index contributed by atoms with van der Waals surface area (Å²) in [6, 6.07) is 31.9. The molecule has 0 aliphatic carbocycles. The zero-order valence-electron chi connectivity index (χ0n) is 55.4. The van der Waals surface area contributed by atoms with E-state index < -0.39 is 22.8 Å². The van der Waals surface area contributed by atoms with Gasteiger partial charge in [-0.1, -0.05) is 33.8 Å². The Morgan fingerprint density at radius 3 is 1.96 bits per heavy atom. The maximum Gasteiger partial charge on any atom is 0.288 e. The van der Waals surface area contributed by atoms with E-state index in [1.54, 1.807) is 6.20 Å². The van der Waals surface area contributed by atoms with Crippen molar-refractivity contribution in [1.29, 1.82) is 0 Å². The second-order valence-corrected chi connectivity index (χ2v) is 26.7. The van der Waals surface area contributed by atoms with Gasteiger partial charge in [-0.25, -0.2) is 19.5 Å². The molecule has 8 aromatic rings. The zero-order chi connectivity index (χ0) is 65.6. The number of piperazine rings is 2. The third-order valence-electron chi connectivity index (χ3n) is 18.1. The second-order valence-electron chi connectivity index (χ2n) is 26.7. The lowest BCUT2D eigenvalue weighted by Gasteiger charge is -2.34. The predicted molar refractivity (Wildman–Crippen MR) is 367 cm³/mol. The van der Waals surface area contributed by atoms with E-state index >= 15 is 0 Å². The molecule has 3 aromatic heterocycles. The molecule has 22 heteroatoms. The number of primary amides is 1. The van der Waals surface area contributed by atoms with Crippen LogP contribution in [0.4, 0.5) is 11.4 Å². The molecule has 0 unspecified atom stereocenters. The standard InChI is InChI=1S/C71H92N16O6/c1-9-26-85-46-65(91)86(45-62(73)88)44-50(72)43-74-24-13-25-75-63(89)16-11-36-93-66-54(70(2,3)4)38-49(68-77-57-22-20-52(42-59(57)79-68)84-33-29-82(8)30-34-84)39-55(66)71(5,6)87-61-23-18-47(67-76-56-21-19-51(41-58(56)78-67)83-31-27-81(7)28-32-83)40-60(61)80-69(87)48-14-10-15-53(37-48)92-35-12-17-64(85)90/h10,14-15,18-23,37-43,74H,9,11-13,16-17,24-36,44-46,72H2,1-8H3,(H5,73,75,76,77,78,79,88,89)/p+1. The molecule has 0 spiro atoms. The van der Waals surface area contributed by atoms with E-state index in [0.717, 1.165) is 142 Å². The summed E-state index contributed by atoms with van der Waals surface area (Å²) in [4.78, 5) is 87.5. The summed E-state index contributed by atoms with van der Waals surface area (Å²) in [5, 5.41) is 6.21. The van der Waals surface area contributed by atoms with Crippen molar-refractivity contribution < 1.29 is 33.2 Å². The van der Waals surface area contributed by atoms with E-state index in [2.05, 4.69) is 171 Å². The lowest BCUT2D eigenvalue weighted by atomic mass is 9.80. The summed E-state index contributed by atoms with van der Waals surface area (Å²) < 4.78 is 16.0. The molecule has 11 rings (SSSR count). The molecule has 0 saturated carbocycles. The van der Waals surface area contributed by atoms with E-state index in [1.807, 2.05) is 25.1 Å². The van der Waals surface area contributed by atoms with Crippen LogP contribution in [-0.4, -0.2) is 187 Å². The molecule has 93 heavy (non-hydrogen) atoms. The van der Waals surface area contributed by atoms with Crippen LogP contribution in [0.2, 0.25) is 0 Å². The molecule has 22 nitrogen and oxygen atoms in total. The molecule has 6 heterocycles. The molecule has 2 bridgehead atoms. The number of hydrogen-bond acceptors (Lipinski definition) is 14. The number of fused-ring (bicyclic) bond motifs is 9. The van der Waals surface area contributed by atoms with Gasteiger partial charge < -0.3 is 70.9 Å². The van der Waals surface area contributed by atoms with Crippen molar-refractivity contribution in [3.8, 4) is 45.7 Å². The van der Waals surface area contributed by atoms with Crippen LogP contribution in [-0.2, 0) is 30.1 Å². The lowest BCUT2D eigenvalue weighted by Crippen LogP contribution is -2.54. The fourth-order valence-corrected chi connectivity index (χ4v) is 12.8. The molecule has 2 fully saturated rings. The number of aromatic amines is 3. The summed E-state index contributed by atoms with van der Waals surface area (Å²) >= 11 is 0. The molecule has 0 atom stereocenters. The Labute approximate surface area is 545 Å². The number of imidazole rings is 3. The molecular weight excluding hydrogens is 1170 g/mol. The average Bonchev–Trinajstić information content (AvgIpc) is 1.67. The molecule has 3 aliphatic rings. The third kappa shape index (κ3) is 15.3. The number of nitrogens with zero attached hydrogens (tertiary/aromatic N) is 9. The van der Waals surface area contributed by atoms with Crippen molar-refractivity contribution in [2.75, 3.05) is 129 Å². The molecule has 0 radical (unpaired) electrons. The van der Waals surface area contributed by atoms with Gasteiger partial charge in [-0.15, -0.1) is 0 Å². The van der Waals surface area contributed by atoms with Crippen LogP contribution in [0, 0.1) is 0 Å². The number of carbonyl (C=O) groups excluding carboxylic acids is 4. The molecule has 3 aliphatic heterocycles. The van der Waals surface area contributed by atoms with Crippen LogP contribution in [0.5, 0.6) is 11.5 Å². The number of H-pyrrole nitrogens is 3. The van der Waals surface area contributed by atoms with Gasteiger partial charge in [0.15, 0.2) is 11.0 Å². The number of anilines is 2. The smallest absolute Gasteiger partial charge is 0.288 e. The number of hydrogen-bond donors (Lipinski definition) is 7. The van der Waals surface area contributed by atoms with Crippen molar-refractivity contribution in [2.45, 2.75) is 91.0 Å². The SMILES string of the molecule is CCCN1CC(=O)N(CC(N)=O)CC(N)=CNCCCNC(=O)CCCOc2c(C(C)(C)C)cc(-c3nc4ccc(N5CCN(C)CC5)cc4[nH]3)cc2C(C)(C)[n+]2c([nH]c3cc(-c4nc5ccc(N6CCN(C)CC6)cc5[nH]4)ccc32)-c2cccc(c2)OCCCC1=O. The van der Waals surface area contributed by atoms with E-state index in [9.17, 15) is 19.2 Å². The first-order chi connectivity index (χ1) is 44.7. The quantitative estimate of drug-likeness (QED) is 0.0725. The molecule has 9 N–H and O–H groups in total. The fraction of sp³-hybridized carbons (Fsp3) is 0.451. The van der Waals surface area contributed by atoms with Crippen molar-refractivity contribution >= 4 is 68.1 Å².